The van der Waals surface area contributed by atoms with Gasteiger partial charge in [-0.25, -0.2) is 18.1 Å². The normalized spacial score (nSPS) is 22.6. The second-order valence-corrected chi connectivity index (χ2v) is 6.75. The number of nitrogens with one attached hydrogen (secondary N) is 1. The zero-order chi connectivity index (χ0) is 13.6. The molecule has 3 rings (SSSR count). The molecule has 0 radical (unpaired) electrons. The topological polar surface area (TPSA) is 85.1 Å². The maximum atomic E-state index is 12.2. The van der Waals surface area contributed by atoms with Gasteiger partial charge in [0.1, 0.15) is 5.82 Å². The Balaban J connectivity index is 1.98. The molecule has 100 valence electrons. The summed E-state index contributed by atoms with van der Waals surface area (Å²) in [5, 5.41) is 0.765. The van der Waals surface area contributed by atoms with Crippen molar-refractivity contribution in [3.05, 3.63) is 30.3 Å². The Kier molecular flexibility index (Phi) is 2.72. The summed E-state index contributed by atoms with van der Waals surface area (Å²) < 4.78 is 27.1. The third-order valence-electron chi connectivity index (χ3n) is 3.41. The fourth-order valence-electron chi connectivity index (χ4n) is 2.04. The second kappa shape index (κ2) is 4.18. The third-order valence-corrected chi connectivity index (χ3v) is 4.90. The predicted molar refractivity (Wildman–Crippen MR) is 74.0 cm³/mol. The van der Waals surface area contributed by atoms with Gasteiger partial charge in [0.15, 0.2) is 0 Å². The lowest BCUT2D eigenvalue weighted by Crippen LogP contribution is -2.26. The first-order valence-electron chi connectivity index (χ1n) is 6.14. The number of hydrogen-bond acceptors (Lipinski definition) is 4. The van der Waals surface area contributed by atoms with E-state index in [-0.39, 0.29) is 10.9 Å². The smallest absolute Gasteiger partial charge is 0.240 e. The average molecular weight is 277 g/mol. The van der Waals surface area contributed by atoms with Crippen LogP contribution in [0.2, 0.25) is 0 Å². The largest absolute Gasteiger partial charge is 0.384 e. The molecule has 0 saturated heterocycles. The molecule has 1 aliphatic rings. The van der Waals surface area contributed by atoms with Gasteiger partial charge in [-0.05, 0) is 42.7 Å². The van der Waals surface area contributed by atoms with Gasteiger partial charge in [-0.15, -0.1) is 0 Å². The number of benzene rings is 1. The molecule has 2 atom stereocenters. The monoisotopic (exact) mass is 277 g/mol. The van der Waals surface area contributed by atoms with E-state index in [4.69, 9.17) is 5.73 Å². The lowest BCUT2D eigenvalue weighted by atomic mass is 10.2. The van der Waals surface area contributed by atoms with E-state index in [0.29, 0.717) is 17.3 Å². The Labute approximate surface area is 111 Å². The van der Waals surface area contributed by atoms with Gasteiger partial charge in [0.2, 0.25) is 10.0 Å². The molecule has 1 heterocycles. The van der Waals surface area contributed by atoms with E-state index >= 15 is 0 Å². The highest BCUT2D eigenvalue weighted by molar-refractivity contribution is 7.89. The molecule has 1 saturated carbocycles. The van der Waals surface area contributed by atoms with Crippen molar-refractivity contribution in [3.63, 3.8) is 0 Å². The van der Waals surface area contributed by atoms with Gasteiger partial charge in [0.05, 0.1) is 10.4 Å². The maximum Gasteiger partial charge on any atom is 0.240 e. The number of hydrogen-bond donors (Lipinski definition) is 2. The fraction of sp³-hybridized carbons (Fsp3) is 0.308. The Morgan fingerprint density at radius 2 is 2.05 bits per heavy atom. The van der Waals surface area contributed by atoms with Crippen LogP contribution in [0.25, 0.3) is 10.9 Å². The van der Waals surface area contributed by atoms with E-state index in [9.17, 15) is 8.42 Å². The summed E-state index contributed by atoms with van der Waals surface area (Å²) >= 11 is 0. The predicted octanol–water partition coefficient (Wildman–Crippen LogP) is 1.50. The molecule has 0 amide bonds. The van der Waals surface area contributed by atoms with Gasteiger partial charge in [-0.1, -0.05) is 6.92 Å². The first kappa shape index (κ1) is 12.4. The fourth-order valence-corrected chi connectivity index (χ4v) is 3.43. The highest BCUT2D eigenvalue weighted by atomic mass is 32.2. The zero-order valence-corrected chi connectivity index (χ0v) is 11.3. The summed E-state index contributed by atoms with van der Waals surface area (Å²) in [6.45, 7) is 2.03. The molecule has 0 aliphatic heterocycles. The molecule has 5 nitrogen and oxygen atoms in total. The number of anilines is 1. The van der Waals surface area contributed by atoms with E-state index in [1.807, 2.05) is 6.92 Å². The van der Waals surface area contributed by atoms with Crippen molar-refractivity contribution in [2.45, 2.75) is 24.3 Å². The van der Waals surface area contributed by atoms with Gasteiger partial charge < -0.3 is 5.73 Å². The quantitative estimate of drug-likeness (QED) is 0.890. The van der Waals surface area contributed by atoms with Crippen LogP contribution < -0.4 is 10.5 Å². The lowest BCUT2D eigenvalue weighted by Gasteiger charge is -2.07. The minimum Gasteiger partial charge on any atom is -0.384 e. The first-order valence-corrected chi connectivity index (χ1v) is 7.63. The maximum absolute atomic E-state index is 12.2. The van der Waals surface area contributed by atoms with Crippen LogP contribution in [0.1, 0.15) is 13.3 Å². The van der Waals surface area contributed by atoms with Crippen LogP contribution in [0, 0.1) is 5.92 Å². The molecule has 19 heavy (non-hydrogen) atoms. The van der Waals surface area contributed by atoms with Crippen molar-refractivity contribution >= 4 is 26.7 Å². The van der Waals surface area contributed by atoms with Crippen LogP contribution in [0.15, 0.2) is 35.2 Å². The van der Waals surface area contributed by atoms with Crippen molar-refractivity contribution in [3.8, 4) is 0 Å². The van der Waals surface area contributed by atoms with E-state index in [1.165, 1.54) is 0 Å². The minimum atomic E-state index is -3.44. The lowest BCUT2D eigenvalue weighted by molar-refractivity contribution is 0.578. The molecular weight excluding hydrogens is 262 g/mol. The molecule has 3 N–H and O–H groups in total. The molecule has 6 heteroatoms. The molecule has 0 spiro atoms. The average Bonchev–Trinajstić information content (AvgIpc) is 3.03. The number of fused-ring (bicyclic) bond motifs is 1. The van der Waals surface area contributed by atoms with Crippen LogP contribution in [0.3, 0.4) is 0 Å². The molecule has 2 unspecified atom stereocenters. The summed E-state index contributed by atoms with van der Waals surface area (Å²) in [5.74, 6) is 0.852. The number of aromatic nitrogens is 1. The van der Waals surface area contributed by atoms with Gasteiger partial charge in [0.25, 0.3) is 0 Å². The summed E-state index contributed by atoms with van der Waals surface area (Å²) in [4.78, 5) is 4.42. The molecule has 1 fully saturated rings. The van der Waals surface area contributed by atoms with Crippen molar-refractivity contribution in [1.29, 1.82) is 0 Å². The summed E-state index contributed by atoms with van der Waals surface area (Å²) in [5.41, 5.74) is 6.29. The highest BCUT2D eigenvalue weighted by Gasteiger charge is 2.36. The number of rotatable bonds is 3. The SMILES string of the molecule is CC1CC1NS(=O)(=O)c1ccc2nc(N)ccc2c1. The summed E-state index contributed by atoms with van der Waals surface area (Å²) in [7, 11) is -3.44. The van der Waals surface area contributed by atoms with Crippen molar-refractivity contribution in [2.24, 2.45) is 5.92 Å². The zero-order valence-electron chi connectivity index (χ0n) is 10.5. The molecule has 0 bridgehead atoms. The van der Waals surface area contributed by atoms with E-state index in [2.05, 4.69) is 9.71 Å². The van der Waals surface area contributed by atoms with Gasteiger partial charge in [-0.3, -0.25) is 0 Å². The first-order chi connectivity index (χ1) is 8.95. The number of pyridine rings is 1. The minimum absolute atomic E-state index is 0.0743. The summed E-state index contributed by atoms with van der Waals surface area (Å²) in [6.07, 6.45) is 0.908. The highest BCUT2D eigenvalue weighted by Crippen LogP contribution is 2.31. The van der Waals surface area contributed by atoms with Crippen LogP contribution in [-0.4, -0.2) is 19.4 Å². The third kappa shape index (κ3) is 2.41. The van der Waals surface area contributed by atoms with Gasteiger partial charge >= 0.3 is 0 Å². The molecule has 1 aromatic carbocycles. The van der Waals surface area contributed by atoms with Crippen molar-refractivity contribution in [2.75, 3.05) is 5.73 Å². The van der Waals surface area contributed by atoms with E-state index < -0.39 is 10.0 Å². The Hall–Kier alpha value is -1.66. The summed E-state index contributed by atoms with van der Waals surface area (Å²) in [6, 6.07) is 8.37. The van der Waals surface area contributed by atoms with Crippen LogP contribution in [0.5, 0.6) is 0 Å². The van der Waals surface area contributed by atoms with E-state index in [1.54, 1.807) is 30.3 Å². The number of nitrogens with two attached hydrogens (primary N) is 1. The number of nitrogen functional groups attached to an aromatic ring is 1. The van der Waals surface area contributed by atoms with Crippen LogP contribution >= 0.6 is 0 Å². The second-order valence-electron chi connectivity index (χ2n) is 5.03. The Bertz CT molecular complexity index is 743. The van der Waals surface area contributed by atoms with E-state index in [0.717, 1.165) is 11.8 Å². The van der Waals surface area contributed by atoms with Crippen molar-refractivity contribution < 1.29 is 8.42 Å². The standard InChI is InChI=1S/C13H15N3O2S/c1-8-6-12(8)16-19(17,18)10-3-4-11-9(7-10)2-5-13(14)15-11/h2-5,7-8,12,16H,6H2,1H3,(H2,14,15). The Morgan fingerprint density at radius 3 is 2.74 bits per heavy atom. The molecule has 1 aliphatic carbocycles. The number of nitrogens with zero attached hydrogens (tertiary/aromatic N) is 1. The van der Waals surface area contributed by atoms with Crippen LogP contribution in [-0.2, 0) is 10.0 Å². The van der Waals surface area contributed by atoms with Crippen molar-refractivity contribution in [1.82, 2.24) is 9.71 Å². The molecule has 1 aromatic heterocycles. The molecular formula is C13H15N3O2S. The van der Waals surface area contributed by atoms with Gasteiger partial charge in [0, 0.05) is 11.4 Å². The molecule has 2 aromatic rings. The Morgan fingerprint density at radius 1 is 1.32 bits per heavy atom. The number of sulfonamides is 1. The van der Waals surface area contributed by atoms with Gasteiger partial charge in [-0.2, -0.15) is 0 Å². The van der Waals surface area contributed by atoms with Crippen LogP contribution in [0.4, 0.5) is 5.82 Å².